The summed E-state index contributed by atoms with van der Waals surface area (Å²) in [6.07, 6.45) is -0.766. The molecule has 0 atom stereocenters. The molecule has 0 bridgehead atoms. The van der Waals surface area contributed by atoms with E-state index in [1.54, 1.807) is 0 Å². The molecule has 0 saturated carbocycles. The summed E-state index contributed by atoms with van der Waals surface area (Å²) in [5.41, 5.74) is 0. The van der Waals surface area contributed by atoms with Gasteiger partial charge >= 0.3 is 5.97 Å². The molecule has 0 spiro atoms. The minimum Gasteiger partial charge on any atom is -0.550 e. The maximum Gasteiger partial charge on any atom is 0.303 e. The van der Waals surface area contributed by atoms with Crippen molar-refractivity contribution in [1.82, 2.24) is 0 Å². The molecular weight excluding hydrogens is 329 g/mol. The zero-order chi connectivity index (χ0) is 12.5. The third-order valence-electron chi connectivity index (χ3n) is 1.31. The second kappa shape index (κ2) is 11.1. The summed E-state index contributed by atoms with van der Waals surface area (Å²) in [4.78, 5) is 19.1. The minimum atomic E-state index is -1.33. The quantitative estimate of drug-likeness (QED) is 0.485. The summed E-state index contributed by atoms with van der Waals surface area (Å²) < 4.78 is 0.844. The average Bonchev–Trinajstić information content (AvgIpc) is 1.99. The molecule has 0 rings (SSSR count). The van der Waals surface area contributed by atoms with E-state index in [1.807, 2.05) is 0 Å². The Bertz CT molecular complexity index is 189. The van der Waals surface area contributed by atoms with Crippen molar-refractivity contribution in [3.8, 4) is 0 Å². The fourth-order valence-electron chi connectivity index (χ4n) is 0.509. The number of hydrogen-bond donors (Lipinski definition) is 2. The standard InChI is InChI=1S/C5H14NO.C4H6O4.HI/c1-6(2,3)4-5-7;5-3(6)1-2-4(7)8;/h7H,4-5H2,1-3H3;1-2H2,(H,5,6)(H,7,8);1H/q+1;;/p-1. The first-order valence-corrected chi connectivity index (χ1v) is 4.52. The number of carbonyl (C=O) groups is 2. The third kappa shape index (κ3) is 29.2. The lowest BCUT2D eigenvalue weighted by Gasteiger charge is -2.21. The summed E-state index contributed by atoms with van der Waals surface area (Å²) in [6, 6.07) is 0. The molecule has 2 N–H and O–H groups in total. The molecule has 98 valence electrons. The van der Waals surface area contributed by atoms with Gasteiger partial charge in [0.05, 0.1) is 34.2 Å². The van der Waals surface area contributed by atoms with Gasteiger partial charge in [-0.2, -0.15) is 0 Å². The van der Waals surface area contributed by atoms with Crippen LogP contribution >= 0.6 is 24.0 Å². The Hall–Kier alpha value is -0.410. The van der Waals surface area contributed by atoms with Crippen LogP contribution in [-0.4, -0.2) is 60.9 Å². The van der Waals surface area contributed by atoms with Crippen molar-refractivity contribution in [2.24, 2.45) is 0 Å². The second-order valence-electron chi connectivity index (χ2n) is 4.00. The molecular formula is C9H20INO5. The highest BCUT2D eigenvalue weighted by atomic mass is 127. The summed E-state index contributed by atoms with van der Waals surface area (Å²) in [5, 5.41) is 25.8. The van der Waals surface area contributed by atoms with Crippen molar-refractivity contribution in [3.63, 3.8) is 0 Å². The molecule has 0 heterocycles. The number of carboxylic acids is 2. The summed E-state index contributed by atoms with van der Waals surface area (Å²) in [6.45, 7) is 1.11. The van der Waals surface area contributed by atoms with Crippen molar-refractivity contribution in [2.75, 3.05) is 34.3 Å². The van der Waals surface area contributed by atoms with Crippen molar-refractivity contribution in [3.05, 3.63) is 0 Å². The van der Waals surface area contributed by atoms with Crippen LogP contribution in [0.5, 0.6) is 0 Å². The predicted octanol–water partition coefficient (Wildman–Crippen LogP) is -1.10. The van der Waals surface area contributed by atoms with Gasteiger partial charge in [0.1, 0.15) is 6.54 Å². The van der Waals surface area contributed by atoms with E-state index in [0.29, 0.717) is 0 Å². The fraction of sp³-hybridized carbons (Fsp3) is 0.778. The monoisotopic (exact) mass is 349 g/mol. The maximum atomic E-state index is 9.61. The Morgan fingerprint density at radius 3 is 1.69 bits per heavy atom. The van der Waals surface area contributed by atoms with Crippen LogP contribution in [0.4, 0.5) is 0 Å². The number of quaternary nitrogens is 1. The molecule has 0 aromatic rings. The predicted molar refractivity (Wildman–Crippen MR) is 67.3 cm³/mol. The number of rotatable bonds is 5. The molecule has 0 aromatic carbocycles. The lowest BCUT2D eigenvalue weighted by molar-refractivity contribution is -0.870. The first-order valence-electron chi connectivity index (χ1n) is 4.52. The smallest absolute Gasteiger partial charge is 0.303 e. The van der Waals surface area contributed by atoms with Crippen molar-refractivity contribution in [1.29, 1.82) is 0 Å². The molecule has 0 aromatic heterocycles. The Kier molecular flexibility index (Phi) is 14.5. The van der Waals surface area contributed by atoms with Crippen LogP contribution in [0.15, 0.2) is 0 Å². The van der Waals surface area contributed by atoms with E-state index < -0.39 is 18.4 Å². The number of hydrogen-bond acceptors (Lipinski definition) is 4. The first-order chi connectivity index (χ1) is 6.69. The minimum absolute atomic E-state index is 0. The Morgan fingerprint density at radius 2 is 1.62 bits per heavy atom. The van der Waals surface area contributed by atoms with E-state index in [1.165, 1.54) is 0 Å². The number of nitrogens with zero attached hydrogens (tertiary/aromatic N) is 1. The molecule has 0 aliphatic heterocycles. The number of aliphatic hydroxyl groups excluding tert-OH is 1. The molecule has 0 fully saturated rings. The van der Waals surface area contributed by atoms with E-state index in [-0.39, 0.29) is 37.0 Å². The van der Waals surface area contributed by atoms with E-state index >= 15 is 0 Å². The van der Waals surface area contributed by atoms with Crippen LogP contribution in [-0.2, 0) is 9.59 Å². The third-order valence-corrected chi connectivity index (χ3v) is 1.31. The number of carboxylic acid groups (broad SMARTS) is 2. The fourth-order valence-corrected chi connectivity index (χ4v) is 0.509. The average molecular weight is 349 g/mol. The molecule has 0 aliphatic rings. The topological polar surface area (TPSA) is 97.7 Å². The molecule has 0 radical (unpaired) electrons. The van der Waals surface area contributed by atoms with Crippen LogP contribution in [0.2, 0.25) is 0 Å². The summed E-state index contributed by atoms with van der Waals surface area (Å²) in [5.74, 6) is -2.44. The Balaban J connectivity index is -0.000000200. The summed E-state index contributed by atoms with van der Waals surface area (Å²) in [7, 11) is 6.16. The molecule has 16 heavy (non-hydrogen) atoms. The van der Waals surface area contributed by atoms with Crippen molar-refractivity contribution < 1.29 is 29.4 Å². The van der Waals surface area contributed by atoms with Crippen LogP contribution in [0.1, 0.15) is 12.8 Å². The highest BCUT2D eigenvalue weighted by Crippen LogP contribution is 1.85. The lowest BCUT2D eigenvalue weighted by atomic mass is 10.3. The van der Waals surface area contributed by atoms with Gasteiger partial charge in [-0.15, -0.1) is 24.0 Å². The van der Waals surface area contributed by atoms with Crippen LogP contribution in [0.3, 0.4) is 0 Å². The zero-order valence-corrected chi connectivity index (χ0v) is 12.1. The van der Waals surface area contributed by atoms with Gasteiger partial charge in [0, 0.05) is 5.97 Å². The van der Waals surface area contributed by atoms with Crippen molar-refractivity contribution in [2.45, 2.75) is 12.8 Å². The van der Waals surface area contributed by atoms with Gasteiger partial charge in [0.2, 0.25) is 0 Å². The van der Waals surface area contributed by atoms with Gasteiger partial charge in [-0.25, -0.2) is 0 Å². The number of aliphatic hydroxyl groups is 1. The Labute approximate surface area is 112 Å². The van der Waals surface area contributed by atoms with E-state index in [0.717, 1.165) is 11.0 Å². The number of carbonyl (C=O) groups excluding carboxylic acids is 1. The van der Waals surface area contributed by atoms with E-state index in [4.69, 9.17) is 10.2 Å². The number of likely N-dealkylation sites (N-methyl/N-ethyl adjacent to an activating group) is 1. The molecule has 7 heteroatoms. The number of halogens is 1. The normalized spacial score (nSPS) is 9.50. The maximum absolute atomic E-state index is 9.61. The lowest BCUT2D eigenvalue weighted by Crippen LogP contribution is -2.36. The zero-order valence-electron chi connectivity index (χ0n) is 9.80. The highest BCUT2D eigenvalue weighted by Gasteiger charge is 2.02. The molecule has 0 unspecified atom stereocenters. The van der Waals surface area contributed by atoms with E-state index in [2.05, 4.69) is 21.1 Å². The summed E-state index contributed by atoms with van der Waals surface area (Å²) >= 11 is 0. The van der Waals surface area contributed by atoms with Gasteiger partial charge in [0.15, 0.2) is 0 Å². The van der Waals surface area contributed by atoms with Gasteiger partial charge in [0.25, 0.3) is 0 Å². The Morgan fingerprint density at radius 1 is 1.19 bits per heavy atom. The van der Waals surface area contributed by atoms with Crippen LogP contribution < -0.4 is 5.11 Å². The molecule has 0 saturated heterocycles. The molecule has 6 nitrogen and oxygen atoms in total. The van der Waals surface area contributed by atoms with Gasteiger partial charge in [-0.05, 0) is 6.42 Å². The van der Waals surface area contributed by atoms with Crippen LogP contribution in [0.25, 0.3) is 0 Å². The SMILES string of the molecule is C[N+](C)(C)CCO.I.O=C([O-])CCC(=O)O. The van der Waals surface area contributed by atoms with Gasteiger partial charge in [-0.1, -0.05) is 0 Å². The highest BCUT2D eigenvalue weighted by molar-refractivity contribution is 14.0. The number of aliphatic carboxylic acids is 2. The molecule has 0 amide bonds. The van der Waals surface area contributed by atoms with Gasteiger partial charge in [-0.3, -0.25) is 4.79 Å². The first kappa shape index (κ1) is 20.9. The van der Waals surface area contributed by atoms with Crippen molar-refractivity contribution >= 4 is 35.9 Å². The van der Waals surface area contributed by atoms with Crippen LogP contribution in [0, 0.1) is 0 Å². The van der Waals surface area contributed by atoms with Gasteiger partial charge < -0.3 is 24.6 Å². The second-order valence-corrected chi connectivity index (χ2v) is 4.00. The molecule has 0 aliphatic carbocycles. The largest absolute Gasteiger partial charge is 0.550 e. The van der Waals surface area contributed by atoms with E-state index in [9.17, 15) is 14.7 Å².